The van der Waals surface area contributed by atoms with Crippen LogP contribution < -0.4 is 5.32 Å². The lowest BCUT2D eigenvalue weighted by atomic mass is 10.1. The number of benzene rings is 2. The number of carbonyl (C=O) groups excluding carboxylic acids is 4. The number of hydrogen-bond donors (Lipinski definition) is 1. The Morgan fingerprint density at radius 1 is 0.935 bits per heavy atom. The van der Waals surface area contributed by atoms with Crippen LogP contribution in [0.25, 0.3) is 0 Å². The number of alkyl carbamates (subject to hydrolysis) is 1. The van der Waals surface area contributed by atoms with E-state index in [1.165, 1.54) is 4.90 Å². The molecule has 1 heterocycles. The number of nitrogens with zero attached hydrogens (tertiary/aromatic N) is 1. The topological polar surface area (TPSA) is 102 Å². The first-order valence-corrected chi connectivity index (χ1v) is 10.0. The van der Waals surface area contributed by atoms with Crippen LogP contribution >= 0.6 is 0 Å². The van der Waals surface area contributed by atoms with Crippen molar-refractivity contribution < 1.29 is 28.7 Å². The van der Waals surface area contributed by atoms with Gasteiger partial charge in [0.05, 0.1) is 0 Å². The zero-order valence-electron chi connectivity index (χ0n) is 17.0. The Hall–Kier alpha value is -3.68. The summed E-state index contributed by atoms with van der Waals surface area (Å²) < 4.78 is 10.2. The second-order valence-electron chi connectivity index (χ2n) is 7.06. The molecule has 1 unspecified atom stereocenters. The number of carbonyl (C=O) groups is 4. The van der Waals surface area contributed by atoms with Gasteiger partial charge in [-0.1, -0.05) is 60.7 Å². The third-order valence-electron chi connectivity index (χ3n) is 4.88. The summed E-state index contributed by atoms with van der Waals surface area (Å²) >= 11 is 0. The fourth-order valence-electron chi connectivity index (χ4n) is 3.27. The lowest BCUT2D eigenvalue weighted by Gasteiger charge is -2.23. The first-order valence-electron chi connectivity index (χ1n) is 10.0. The van der Waals surface area contributed by atoms with Gasteiger partial charge in [-0.05, 0) is 18.4 Å². The minimum Gasteiger partial charge on any atom is -0.456 e. The smallest absolute Gasteiger partial charge is 0.407 e. The number of ether oxygens (including phenoxy) is 2. The third-order valence-corrected chi connectivity index (χ3v) is 4.88. The molecule has 1 fully saturated rings. The van der Waals surface area contributed by atoms with Crippen molar-refractivity contribution in [3.8, 4) is 0 Å². The van der Waals surface area contributed by atoms with Crippen LogP contribution in [-0.4, -0.2) is 54.4 Å². The minimum absolute atomic E-state index is 0.0922. The summed E-state index contributed by atoms with van der Waals surface area (Å²) in [6, 6.07) is 16.9. The van der Waals surface area contributed by atoms with Gasteiger partial charge in [0.2, 0.25) is 5.91 Å². The Labute approximate surface area is 180 Å². The van der Waals surface area contributed by atoms with Gasteiger partial charge in [-0.15, -0.1) is 0 Å². The third kappa shape index (κ3) is 6.40. The molecule has 2 amide bonds. The van der Waals surface area contributed by atoms with E-state index in [2.05, 4.69) is 5.32 Å². The standard InChI is InChI=1S/C23H24N2O6/c26-20(18-10-5-2-6-11-18)16-30-22(28)19-12-7-13-25(19)21(27)14-24-23(29)31-15-17-8-3-1-4-9-17/h1-6,8-11,19H,7,12-16H2,(H,24,29). The molecule has 0 aromatic heterocycles. The number of Topliss-reactive ketones (excluding diaryl/α,β-unsaturated/α-hetero) is 1. The summed E-state index contributed by atoms with van der Waals surface area (Å²) in [6.45, 7) is -0.202. The summed E-state index contributed by atoms with van der Waals surface area (Å²) in [5.41, 5.74) is 1.28. The molecule has 1 saturated heterocycles. The van der Waals surface area contributed by atoms with Crippen LogP contribution in [-0.2, 0) is 25.7 Å². The molecule has 2 aromatic carbocycles. The highest BCUT2D eigenvalue weighted by atomic mass is 16.5. The molecule has 31 heavy (non-hydrogen) atoms. The van der Waals surface area contributed by atoms with E-state index < -0.39 is 24.0 Å². The summed E-state index contributed by atoms with van der Waals surface area (Å²) in [6.07, 6.45) is 0.364. The quantitative estimate of drug-likeness (QED) is 0.516. The Balaban J connectivity index is 1.43. The Morgan fingerprint density at radius 2 is 1.61 bits per heavy atom. The maximum absolute atomic E-state index is 12.5. The van der Waals surface area contributed by atoms with Gasteiger partial charge in [0.1, 0.15) is 19.2 Å². The predicted octanol–water partition coefficient (Wildman–Crippen LogP) is 2.33. The van der Waals surface area contributed by atoms with Crippen LogP contribution in [0.1, 0.15) is 28.8 Å². The van der Waals surface area contributed by atoms with Crippen LogP contribution in [0.5, 0.6) is 0 Å². The first kappa shape index (κ1) is 22.0. The SMILES string of the molecule is O=C(NCC(=O)N1CCCC1C(=O)OCC(=O)c1ccccc1)OCc1ccccc1. The Kier molecular flexibility index (Phi) is 7.75. The molecule has 0 spiro atoms. The normalized spacial score (nSPS) is 15.2. The molecule has 3 rings (SSSR count). The number of ketones is 1. The Morgan fingerprint density at radius 3 is 2.32 bits per heavy atom. The van der Waals surface area contributed by atoms with Crippen molar-refractivity contribution in [3.05, 3.63) is 71.8 Å². The van der Waals surface area contributed by atoms with E-state index in [1.54, 1.807) is 30.3 Å². The van der Waals surface area contributed by atoms with E-state index in [1.807, 2.05) is 30.3 Å². The van der Waals surface area contributed by atoms with Crippen LogP contribution in [0, 0.1) is 0 Å². The highest BCUT2D eigenvalue weighted by molar-refractivity contribution is 5.98. The van der Waals surface area contributed by atoms with Crippen LogP contribution in [0.2, 0.25) is 0 Å². The van der Waals surface area contributed by atoms with Crippen molar-refractivity contribution >= 4 is 23.8 Å². The van der Waals surface area contributed by atoms with Crippen LogP contribution in [0.3, 0.4) is 0 Å². The molecule has 1 N–H and O–H groups in total. The van der Waals surface area contributed by atoms with Gasteiger partial charge >= 0.3 is 12.1 Å². The average molecular weight is 424 g/mol. The number of amides is 2. The monoisotopic (exact) mass is 424 g/mol. The summed E-state index contributed by atoms with van der Waals surface area (Å²) in [7, 11) is 0. The molecular formula is C23H24N2O6. The fourth-order valence-corrected chi connectivity index (χ4v) is 3.27. The molecule has 0 radical (unpaired) electrons. The highest BCUT2D eigenvalue weighted by Crippen LogP contribution is 2.18. The van der Waals surface area contributed by atoms with Crippen molar-refractivity contribution in [2.75, 3.05) is 19.7 Å². The molecule has 1 aliphatic heterocycles. The van der Waals surface area contributed by atoms with Crippen molar-refractivity contribution in [2.45, 2.75) is 25.5 Å². The molecule has 8 heteroatoms. The van der Waals surface area contributed by atoms with Gasteiger partial charge in [0, 0.05) is 12.1 Å². The largest absolute Gasteiger partial charge is 0.456 e. The Bertz CT molecular complexity index is 916. The number of likely N-dealkylation sites (tertiary alicyclic amines) is 1. The van der Waals surface area contributed by atoms with Gasteiger partial charge in [-0.3, -0.25) is 9.59 Å². The molecule has 162 valence electrons. The maximum Gasteiger partial charge on any atom is 0.407 e. The molecule has 2 aromatic rings. The van der Waals surface area contributed by atoms with Crippen molar-refractivity contribution in [1.82, 2.24) is 10.2 Å². The van der Waals surface area contributed by atoms with E-state index in [-0.39, 0.29) is 25.5 Å². The van der Waals surface area contributed by atoms with Crippen LogP contribution in [0.4, 0.5) is 4.79 Å². The molecule has 1 aliphatic rings. The molecule has 0 bridgehead atoms. The minimum atomic E-state index is -0.766. The van der Waals surface area contributed by atoms with Gasteiger partial charge < -0.3 is 19.7 Å². The number of nitrogens with one attached hydrogen (secondary N) is 1. The lowest BCUT2D eigenvalue weighted by Crippen LogP contribution is -2.46. The zero-order chi connectivity index (χ0) is 22.1. The van der Waals surface area contributed by atoms with Gasteiger partial charge in [-0.25, -0.2) is 9.59 Å². The first-order chi connectivity index (χ1) is 15.0. The van der Waals surface area contributed by atoms with Gasteiger partial charge in [0.15, 0.2) is 12.4 Å². The summed E-state index contributed by atoms with van der Waals surface area (Å²) in [5.74, 6) is -1.35. The second kappa shape index (κ2) is 10.9. The molecule has 0 aliphatic carbocycles. The van der Waals surface area contributed by atoms with Gasteiger partial charge in [0.25, 0.3) is 0 Å². The predicted molar refractivity (Wildman–Crippen MR) is 111 cm³/mol. The molecule has 0 saturated carbocycles. The van der Waals surface area contributed by atoms with Crippen molar-refractivity contribution in [2.24, 2.45) is 0 Å². The molecule has 1 atom stereocenters. The lowest BCUT2D eigenvalue weighted by molar-refractivity contribution is -0.152. The summed E-state index contributed by atoms with van der Waals surface area (Å²) in [5, 5.41) is 2.40. The van der Waals surface area contributed by atoms with E-state index in [0.717, 1.165) is 5.56 Å². The van der Waals surface area contributed by atoms with Crippen molar-refractivity contribution in [1.29, 1.82) is 0 Å². The second-order valence-corrected chi connectivity index (χ2v) is 7.06. The molecular weight excluding hydrogens is 400 g/mol. The van der Waals surface area contributed by atoms with Crippen molar-refractivity contribution in [3.63, 3.8) is 0 Å². The van der Waals surface area contributed by atoms with E-state index >= 15 is 0 Å². The van der Waals surface area contributed by atoms with Crippen LogP contribution in [0.15, 0.2) is 60.7 Å². The van der Waals surface area contributed by atoms with E-state index in [0.29, 0.717) is 24.9 Å². The van der Waals surface area contributed by atoms with E-state index in [9.17, 15) is 19.2 Å². The summed E-state index contributed by atoms with van der Waals surface area (Å²) in [4.78, 5) is 50.2. The number of hydrogen-bond acceptors (Lipinski definition) is 6. The number of rotatable bonds is 8. The van der Waals surface area contributed by atoms with Gasteiger partial charge in [-0.2, -0.15) is 0 Å². The highest BCUT2D eigenvalue weighted by Gasteiger charge is 2.35. The van der Waals surface area contributed by atoms with E-state index in [4.69, 9.17) is 9.47 Å². The molecule has 8 nitrogen and oxygen atoms in total. The zero-order valence-corrected chi connectivity index (χ0v) is 17.0. The maximum atomic E-state index is 12.5. The average Bonchev–Trinajstić information content (AvgIpc) is 3.31. The number of esters is 1. The fraction of sp³-hybridized carbons (Fsp3) is 0.304.